The van der Waals surface area contributed by atoms with Crippen molar-refractivity contribution in [1.82, 2.24) is 19.9 Å². The number of hydrogen-bond donors (Lipinski definition) is 3. The van der Waals surface area contributed by atoms with Crippen LogP contribution >= 0.6 is 0 Å². The first-order chi connectivity index (χ1) is 13.9. The Morgan fingerprint density at radius 1 is 1.30 bits per heavy atom. The summed E-state index contributed by atoms with van der Waals surface area (Å²) >= 11 is 0. The Bertz CT molecular complexity index is 1090. The molecule has 30 heavy (non-hydrogen) atoms. The Morgan fingerprint density at radius 2 is 2.00 bits per heavy atom. The minimum Gasteiger partial charge on any atom is -0.481 e. The van der Waals surface area contributed by atoms with Gasteiger partial charge < -0.3 is 15.4 Å². The zero-order valence-corrected chi connectivity index (χ0v) is 16.3. The molecule has 3 rings (SSSR count). The van der Waals surface area contributed by atoms with Crippen LogP contribution in [0.15, 0.2) is 24.8 Å². The van der Waals surface area contributed by atoms with Crippen molar-refractivity contribution < 1.29 is 27.5 Å². The van der Waals surface area contributed by atoms with Crippen molar-refractivity contribution in [2.75, 3.05) is 5.32 Å². The van der Waals surface area contributed by atoms with Gasteiger partial charge in [0.05, 0.1) is 17.7 Å². The van der Waals surface area contributed by atoms with Gasteiger partial charge in [-0.3, -0.25) is 4.79 Å². The monoisotopic (exact) mass is 425 g/mol. The Kier molecular flexibility index (Phi) is 5.40. The summed E-state index contributed by atoms with van der Waals surface area (Å²) in [5.41, 5.74) is -2.07. The summed E-state index contributed by atoms with van der Waals surface area (Å²) in [4.78, 5) is 25.6. The number of rotatable bonds is 5. The second-order valence-corrected chi connectivity index (χ2v) is 7.86. The van der Waals surface area contributed by atoms with E-state index >= 15 is 0 Å². The van der Waals surface area contributed by atoms with Crippen LogP contribution in [0.25, 0.3) is 22.3 Å². The minimum absolute atomic E-state index is 0.0477. The lowest BCUT2D eigenvalue weighted by Gasteiger charge is -2.31. The maximum absolute atomic E-state index is 14.6. The van der Waals surface area contributed by atoms with Crippen molar-refractivity contribution in [3.8, 4) is 11.3 Å². The van der Waals surface area contributed by atoms with Crippen molar-refractivity contribution in [3.05, 3.63) is 36.2 Å². The van der Waals surface area contributed by atoms with E-state index in [0.717, 1.165) is 0 Å². The molecule has 1 atom stereocenters. The summed E-state index contributed by atoms with van der Waals surface area (Å²) in [5, 5.41) is 12.1. The number of halogens is 4. The average molecular weight is 425 g/mol. The Labute approximate surface area is 168 Å². The smallest absolute Gasteiger partial charge is 0.418 e. The van der Waals surface area contributed by atoms with Gasteiger partial charge in [-0.05, 0) is 11.5 Å². The van der Waals surface area contributed by atoms with Gasteiger partial charge in [0.2, 0.25) is 0 Å². The number of carboxylic acids is 1. The number of alkyl halides is 3. The summed E-state index contributed by atoms with van der Waals surface area (Å²) in [6.45, 7) is 5.19. The summed E-state index contributed by atoms with van der Waals surface area (Å²) < 4.78 is 55.5. The number of aromatic amines is 1. The highest BCUT2D eigenvalue weighted by molar-refractivity contribution is 5.93. The van der Waals surface area contributed by atoms with E-state index in [-0.39, 0.29) is 17.4 Å². The van der Waals surface area contributed by atoms with Gasteiger partial charge >= 0.3 is 12.1 Å². The van der Waals surface area contributed by atoms with Gasteiger partial charge in [-0.25, -0.2) is 19.3 Å². The van der Waals surface area contributed by atoms with E-state index in [0.29, 0.717) is 11.7 Å². The maximum Gasteiger partial charge on any atom is 0.418 e. The number of H-pyrrole nitrogens is 1. The fourth-order valence-corrected chi connectivity index (χ4v) is 2.98. The molecule has 3 N–H and O–H groups in total. The van der Waals surface area contributed by atoms with E-state index < -0.39 is 46.5 Å². The number of nitrogens with zero attached hydrogens (tertiary/aromatic N) is 3. The summed E-state index contributed by atoms with van der Waals surface area (Å²) in [5.74, 6) is -2.84. The predicted octanol–water partition coefficient (Wildman–Crippen LogP) is 4.48. The lowest BCUT2D eigenvalue weighted by molar-refractivity contribution is -0.138. The van der Waals surface area contributed by atoms with E-state index in [2.05, 4.69) is 25.3 Å². The van der Waals surface area contributed by atoms with Gasteiger partial charge in [0.25, 0.3) is 0 Å². The van der Waals surface area contributed by atoms with Crippen molar-refractivity contribution >= 4 is 22.8 Å². The first kappa shape index (κ1) is 21.5. The second-order valence-electron chi connectivity index (χ2n) is 7.86. The van der Waals surface area contributed by atoms with E-state index in [1.807, 2.05) is 0 Å². The fourth-order valence-electron chi connectivity index (χ4n) is 2.98. The number of hydrogen-bond acceptors (Lipinski definition) is 5. The topological polar surface area (TPSA) is 104 Å². The van der Waals surface area contributed by atoms with Crippen LogP contribution in [0, 0.1) is 11.2 Å². The first-order valence-electron chi connectivity index (χ1n) is 8.91. The van der Waals surface area contributed by atoms with Gasteiger partial charge in [0.15, 0.2) is 11.6 Å². The highest BCUT2D eigenvalue weighted by Crippen LogP contribution is 2.40. The van der Waals surface area contributed by atoms with E-state index in [1.54, 1.807) is 20.8 Å². The number of nitrogens with one attached hydrogen (secondary N) is 2. The van der Waals surface area contributed by atoms with Crippen LogP contribution in [0.2, 0.25) is 0 Å². The zero-order chi connectivity index (χ0) is 22.3. The Hall–Kier alpha value is -3.24. The normalized spacial score (nSPS) is 13.4. The number of aromatic nitrogens is 4. The Balaban J connectivity index is 2.17. The number of carboxylic acid groups (broad SMARTS) is 1. The third-order valence-electron chi connectivity index (χ3n) is 4.63. The molecular formula is C19H19F4N5O2. The molecule has 0 aliphatic carbocycles. The van der Waals surface area contributed by atoms with Gasteiger partial charge in [0.1, 0.15) is 12.0 Å². The van der Waals surface area contributed by atoms with Gasteiger partial charge in [-0.1, -0.05) is 20.8 Å². The molecule has 0 radical (unpaired) electrons. The number of anilines is 1. The molecule has 0 saturated heterocycles. The lowest BCUT2D eigenvalue weighted by Crippen LogP contribution is -2.36. The molecule has 0 fully saturated rings. The fraction of sp³-hybridized carbons (Fsp3) is 0.368. The standard InChI is InChI=1S/C19H19F4N5O2/c1-18(2,3)13(5-14(29)30)27-17-12(20)4-11(19(21,22)23)15(28-17)9-7-25-16-10(9)6-24-8-26-16/h4,6-8,13H,5H2,1-3H3,(H,27,28)(H,29,30)(H,24,25,26). The van der Waals surface area contributed by atoms with Gasteiger partial charge in [-0.15, -0.1) is 0 Å². The quantitative estimate of drug-likeness (QED) is 0.521. The molecule has 0 aromatic carbocycles. The molecule has 3 aromatic rings. The average Bonchev–Trinajstić information content (AvgIpc) is 3.04. The third-order valence-corrected chi connectivity index (χ3v) is 4.63. The number of aliphatic carboxylic acids is 1. The molecule has 3 aromatic heterocycles. The van der Waals surface area contributed by atoms with Crippen LogP contribution < -0.4 is 5.32 Å². The molecule has 1 unspecified atom stereocenters. The summed E-state index contributed by atoms with van der Waals surface area (Å²) in [6.07, 6.45) is -1.39. The van der Waals surface area contributed by atoms with Crippen LogP contribution in [-0.4, -0.2) is 37.1 Å². The molecule has 0 amide bonds. The zero-order valence-electron chi connectivity index (χ0n) is 16.3. The molecule has 3 heterocycles. The van der Waals surface area contributed by atoms with E-state index in [4.69, 9.17) is 5.11 Å². The molecule has 0 bridgehead atoms. The van der Waals surface area contributed by atoms with Crippen LogP contribution in [0.4, 0.5) is 23.4 Å². The van der Waals surface area contributed by atoms with Crippen LogP contribution in [0.5, 0.6) is 0 Å². The molecule has 0 saturated carbocycles. The number of fused-ring (bicyclic) bond motifs is 1. The van der Waals surface area contributed by atoms with Crippen LogP contribution in [0.3, 0.4) is 0 Å². The van der Waals surface area contributed by atoms with E-state index in [9.17, 15) is 22.4 Å². The minimum atomic E-state index is -4.87. The molecule has 160 valence electrons. The van der Waals surface area contributed by atoms with Crippen molar-refractivity contribution in [3.63, 3.8) is 0 Å². The summed E-state index contributed by atoms with van der Waals surface area (Å²) in [7, 11) is 0. The SMILES string of the molecule is CC(C)(C)C(CC(=O)O)Nc1nc(-c2c[nH]c3ncncc23)c(C(F)(F)F)cc1F. The summed E-state index contributed by atoms with van der Waals surface area (Å²) in [6, 6.07) is -0.429. The van der Waals surface area contributed by atoms with Crippen molar-refractivity contribution in [1.29, 1.82) is 0 Å². The number of carbonyl (C=O) groups is 1. The van der Waals surface area contributed by atoms with Gasteiger partial charge in [0, 0.05) is 29.4 Å². The van der Waals surface area contributed by atoms with Crippen LogP contribution in [0.1, 0.15) is 32.8 Å². The predicted molar refractivity (Wildman–Crippen MR) is 101 cm³/mol. The Morgan fingerprint density at radius 3 is 2.60 bits per heavy atom. The first-order valence-corrected chi connectivity index (χ1v) is 8.91. The van der Waals surface area contributed by atoms with Crippen molar-refractivity contribution in [2.24, 2.45) is 5.41 Å². The highest BCUT2D eigenvalue weighted by atomic mass is 19.4. The van der Waals surface area contributed by atoms with Crippen molar-refractivity contribution in [2.45, 2.75) is 39.4 Å². The molecular weight excluding hydrogens is 406 g/mol. The molecule has 0 spiro atoms. The maximum atomic E-state index is 14.6. The molecule has 0 aliphatic rings. The largest absolute Gasteiger partial charge is 0.481 e. The molecule has 11 heteroatoms. The number of pyridine rings is 1. The molecule has 0 aliphatic heterocycles. The third kappa shape index (κ3) is 4.34. The van der Waals surface area contributed by atoms with Crippen LogP contribution in [-0.2, 0) is 11.0 Å². The lowest BCUT2D eigenvalue weighted by atomic mass is 9.84. The van der Waals surface area contributed by atoms with Gasteiger partial charge in [-0.2, -0.15) is 13.2 Å². The molecule has 7 nitrogen and oxygen atoms in total. The second kappa shape index (κ2) is 7.54. The highest BCUT2D eigenvalue weighted by Gasteiger charge is 2.37. The van der Waals surface area contributed by atoms with E-state index in [1.165, 1.54) is 18.7 Å².